The van der Waals surface area contributed by atoms with E-state index in [1.54, 1.807) is 7.11 Å². The number of fused-ring (bicyclic) bond motifs is 4. The number of nitrogens with zero attached hydrogens (tertiary/aromatic N) is 1. The highest BCUT2D eigenvalue weighted by molar-refractivity contribution is 5.89. The smallest absolute Gasteiger partial charge is 0.328 e. The van der Waals surface area contributed by atoms with Crippen molar-refractivity contribution < 1.29 is 34.8 Å². The SMILES string of the molecule is COc1ccc2c(c1)C1(CO)CCN(C)C(C2)C1(C)O.O=C(O)/C=C/C(=O)O. The van der Waals surface area contributed by atoms with Crippen LogP contribution in [-0.2, 0) is 21.4 Å². The number of rotatable bonds is 4. The van der Waals surface area contributed by atoms with Crippen LogP contribution in [0.2, 0.25) is 0 Å². The summed E-state index contributed by atoms with van der Waals surface area (Å²) in [4.78, 5) is 21.3. The largest absolute Gasteiger partial charge is 0.497 e. The van der Waals surface area contributed by atoms with Gasteiger partial charge in [-0.1, -0.05) is 6.07 Å². The molecule has 3 atom stereocenters. The molecular weight excluding hydrogens is 366 g/mol. The molecule has 8 heteroatoms. The minimum Gasteiger partial charge on any atom is -0.497 e. The van der Waals surface area contributed by atoms with Crippen molar-refractivity contribution in [2.45, 2.75) is 36.8 Å². The fraction of sp³-hybridized carbons (Fsp3) is 0.500. The first kappa shape index (κ1) is 21.9. The van der Waals surface area contributed by atoms with Gasteiger partial charge in [-0.05, 0) is 56.6 Å². The molecule has 1 aliphatic heterocycles. The minimum atomic E-state index is -1.26. The number of likely N-dealkylation sites (tertiary alicyclic amines) is 1. The second kappa shape index (κ2) is 8.30. The molecule has 1 aromatic rings. The van der Waals surface area contributed by atoms with E-state index in [0.29, 0.717) is 12.2 Å². The number of ether oxygens (including phenoxy) is 1. The van der Waals surface area contributed by atoms with E-state index in [-0.39, 0.29) is 12.6 Å². The number of aliphatic carboxylic acids is 2. The molecule has 2 aliphatic rings. The summed E-state index contributed by atoms with van der Waals surface area (Å²) in [6.45, 7) is 2.72. The first-order valence-corrected chi connectivity index (χ1v) is 8.94. The molecule has 3 rings (SSSR count). The molecule has 4 N–H and O–H groups in total. The molecule has 0 amide bonds. The van der Waals surface area contributed by atoms with Crippen molar-refractivity contribution in [3.63, 3.8) is 0 Å². The van der Waals surface area contributed by atoms with Gasteiger partial charge in [0.15, 0.2) is 0 Å². The van der Waals surface area contributed by atoms with Gasteiger partial charge in [-0.25, -0.2) is 9.59 Å². The van der Waals surface area contributed by atoms with E-state index in [9.17, 15) is 19.8 Å². The van der Waals surface area contributed by atoms with Gasteiger partial charge in [0.05, 0.1) is 24.7 Å². The molecular formula is C20H27NO7. The Morgan fingerprint density at radius 1 is 1.29 bits per heavy atom. The summed E-state index contributed by atoms with van der Waals surface area (Å²) in [5.74, 6) is -1.73. The highest BCUT2D eigenvalue weighted by atomic mass is 16.5. The van der Waals surface area contributed by atoms with Crippen LogP contribution < -0.4 is 4.74 Å². The van der Waals surface area contributed by atoms with Crippen molar-refractivity contribution in [3.05, 3.63) is 41.5 Å². The molecule has 1 fully saturated rings. The normalized spacial score (nSPS) is 28.8. The highest BCUT2D eigenvalue weighted by Gasteiger charge is 2.59. The van der Waals surface area contributed by atoms with Crippen LogP contribution in [0.5, 0.6) is 5.75 Å². The van der Waals surface area contributed by atoms with E-state index in [2.05, 4.69) is 18.0 Å². The van der Waals surface area contributed by atoms with Gasteiger partial charge in [0, 0.05) is 18.2 Å². The molecule has 8 nitrogen and oxygen atoms in total. The van der Waals surface area contributed by atoms with Crippen LogP contribution in [0.15, 0.2) is 30.4 Å². The van der Waals surface area contributed by atoms with E-state index < -0.39 is 23.0 Å². The highest BCUT2D eigenvalue weighted by Crippen LogP contribution is 2.51. The summed E-state index contributed by atoms with van der Waals surface area (Å²) in [7, 11) is 3.70. The quantitative estimate of drug-likeness (QED) is 0.549. The number of carbonyl (C=O) groups is 2. The number of aliphatic hydroxyl groups is 2. The molecule has 3 unspecified atom stereocenters. The summed E-state index contributed by atoms with van der Waals surface area (Å²) in [6, 6.07) is 6.06. The Kier molecular flexibility index (Phi) is 6.48. The summed E-state index contributed by atoms with van der Waals surface area (Å²) >= 11 is 0. The Labute approximate surface area is 163 Å². The first-order valence-electron chi connectivity index (χ1n) is 8.94. The van der Waals surface area contributed by atoms with Crippen molar-refractivity contribution in [1.29, 1.82) is 0 Å². The van der Waals surface area contributed by atoms with Crippen LogP contribution >= 0.6 is 0 Å². The van der Waals surface area contributed by atoms with Gasteiger partial charge in [-0.2, -0.15) is 0 Å². The monoisotopic (exact) mass is 393 g/mol. The zero-order valence-corrected chi connectivity index (χ0v) is 16.3. The van der Waals surface area contributed by atoms with Gasteiger partial charge in [-0.3, -0.25) is 0 Å². The van der Waals surface area contributed by atoms with Gasteiger partial charge < -0.3 is 30.1 Å². The topological polar surface area (TPSA) is 128 Å². The lowest BCUT2D eigenvalue weighted by molar-refractivity contribution is -0.141. The number of piperidine rings is 1. The zero-order chi connectivity index (χ0) is 21.1. The Hall–Kier alpha value is -2.42. The Morgan fingerprint density at radius 3 is 2.39 bits per heavy atom. The van der Waals surface area contributed by atoms with Crippen LogP contribution in [0.1, 0.15) is 24.5 Å². The molecule has 2 bridgehead atoms. The second-order valence-electron chi connectivity index (χ2n) is 7.37. The van der Waals surface area contributed by atoms with E-state index in [4.69, 9.17) is 14.9 Å². The molecule has 0 saturated carbocycles. The summed E-state index contributed by atoms with van der Waals surface area (Å²) in [6.07, 6.45) is 2.68. The number of hydrogen-bond donors (Lipinski definition) is 4. The Balaban J connectivity index is 0.000000300. The van der Waals surface area contributed by atoms with Crippen LogP contribution in [-0.4, -0.2) is 76.2 Å². The number of hydrogen-bond acceptors (Lipinski definition) is 6. The third-order valence-electron chi connectivity index (χ3n) is 5.93. The molecule has 1 saturated heterocycles. The van der Waals surface area contributed by atoms with Crippen LogP contribution in [0, 0.1) is 0 Å². The van der Waals surface area contributed by atoms with Gasteiger partial charge in [0.2, 0.25) is 0 Å². The number of aliphatic hydroxyl groups excluding tert-OH is 1. The fourth-order valence-electron chi connectivity index (χ4n) is 4.27. The Morgan fingerprint density at radius 2 is 1.89 bits per heavy atom. The maximum Gasteiger partial charge on any atom is 0.328 e. The van der Waals surface area contributed by atoms with Gasteiger partial charge >= 0.3 is 11.9 Å². The number of carboxylic acid groups (broad SMARTS) is 2. The van der Waals surface area contributed by atoms with Crippen LogP contribution in [0.3, 0.4) is 0 Å². The lowest BCUT2D eigenvalue weighted by Gasteiger charge is -2.59. The second-order valence-corrected chi connectivity index (χ2v) is 7.37. The van der Waals surface area contributed by atoms with Gasteiger partial charge in [-0.15, -0.1) is 0 Å². The number of likely N-dealkylation sites (N-methyl/N-ethyl adjacent to an activating group) is 1. The van der Waals surface area contributed by atoms with E-state index >= 15 is 0 Å². The van der Waals surface area contributed by atoms with Gasteiger partial charge in [0.1, 0.15) is 5.75 Å². The average molecular weight is 393 g/mol. The van der Waals surface area contributed by atoms with Crippen molar-refractivity contribution >= 4 is 11.9 Å². The third kappa shape index (κ3) is 3.89. The standard InChI is InChI=1S/C16H23NO3.C4H4O4/c1-15(19)14-8-11-4-5-12(20-3)9-13(11)16(15,10-18)6-7-17(14)2;5-3(6)1-2-4(7)8/h4-5,9,14,18-19H,6-8,10H2,1-3H3;1-2H,(H,5,6)(H,7,8)/b;2-1+. The molecule has 0 aromatic heterocycles. The summed E-state index contributed by atoms with van der Waals surface area (Å²) < 4.78 is 5.32. The van der Waals surface area contributed by atoms with Crippen LogP contribution in [0.25, 0.3) is 0 Å². The molecule has 154 valence electrons. The number of methoxy groups -OCH3 is 1. The van der Waals surface area contributed by atoms with Crippen LogP contribution in [0.4, 0.5) is 0 Å². The predicted molar refractivity (Wildman–Crippen MR) is 102 cm³/mol. The molecule has 1 heterocycles. The van der Waals surface area contributed by atoms with Crippen molar-refractivity contribution in [1.82, 2.24) is 4.90 Å². The summed E-state index contributed by atoms with van der Waals surface area (Å²) in [5.41, 5.74) is 0.733. The fourth-order valence-corrected chi connectivity index (χ4v) is 4.27. The lowest BCUT2D eigenvalue weighted by Crippen LogP contribution is -2.70. The van der Waals surface area contributed by atoms with E-state index in [1.165, 1.54) is 5.56 Å². The molecule has 1 aliphatic carbocycles. The zero-order valence-electron chi connectivity index (χ0n) is 16.3. The van der Waals surface area contributed by atoms with Gasteiger partial charge in [0.25, 0.3) is 0 Å². The first-order chi connectivity index (χ1) is 13.1. The van der Waals surface area contributed by atoms with Crippen molar-refractivity contribution in [3.8, 4) is 5.75 Å². The predicted octanol–water partition coefficient (Wildman–Crippen LogP) is 0.648. The average Bonchev–Trinajstić information content (AvgIpc) is 2.63. The molecule has 0 radical (unpaired) electrons. The van der Waals surface area contributed by atoms with E-state index in [1.807, 2.05) is 19.1 Å². The maximum atomic E-state index is 11.1. The third-order valence-corrected chi connectivity index (χ3v) is 5.93. The minimum absolute atomic E-state index is 0.0372. The summed E-state index contributed by atoms with van der Waals surface area (Å²) in [5, 5.41) is 36.9. The molecule has 28 heavy (non-hydrogen) atoms. The number of benzene rings is 1. The molecule has 1 aromatic carbocycles. The number of carboxylic acids is 2. The van der Waals surface area contributed by atoms with E-state index in [0.717, 1.165) is 30.7 Å². The van der Waals surface area contributed by atoms with Crippen molar-refractivity contribution in [2.75, 3.05) is 27.3 Å². The maximum absolute atomic E-state index is 11.1. The van der Waals surface area contributed by atoms with Crippen molar-refractivity contribution in [2.24, 2.45) is 0 Å². The Bertz CT molecular complexity index is 758. The molecule has 0 spiro atoms. The lowest BCUT2D eigenvalue weighted by atomic mass is 9.55.